The first kappa shape index (κ1) is 18.6. The number of benzene rings is 2. The molecule has 0 amide bonds. The molecule has 0 unspecified atom stereocenters. The average molecular weight is 486 g/mol. The Morgan fingerprint density at radius 1 is 0.739 bits per heavy atom. The van der Waals surface area contributed by atoms with Gasteiger partial charge in [-0.1, -0.05) is 31.9 Å². The Labute approximate surface area is 150 Å². The molecule has 124 valence electrons. The fourth-order valence-electron chi connectivity index (χ4n) is 2.08. The van der Waals surface area contributed by atoms with Crippen LogP contribution in [0.15, 0.2) is 55.1 Å². The summed E-state index contributed by atoms with van der Waals surface area (Å²) in [6.07, 6.45) is -0.122. The number of halogens is 2. The molecule has 0 saturated heterocycles. The Kier molecular flexibility index (Phi) is 5.34. The van der Waals surface area contributed by atoms with E-state index < -0.39 is 20.2 Å². The van der Waals surface area contributed by atoms with Crippen LogP contribution in [-0.2, 0) is 26.7 Å². The van der Waals surface area contributed by atoms with Crippen molar-refractivity contribution in [3.63, 3.8) is 0 Å². The van der Waals surface area contributed by atoms with Crippen LogP contribution in [0.25, 0.3) is 0 Å². The second-order valence-corrected chi connectivity index (χ2v) is 9.24. The van der Waals surface area contributed by atoms with Gasteiger partial charge < -0.3 is 0 Å². The van der Waals surface area contributed by atoms with Crippen molar-refractivity contribution in [2.75, 3.05) is 0 Å². The Morgan fingerprint density at radius 2 is 1.09 bits per heavy atom. The second kappa shape index (κ2) is 6.61. The van der Waals surface area contributed by atoms with Gasteiger partial charge in [0.25, 0.3) is 20.2 Å². The molecule has 0 spiro atoms. The Morgan fingerprint density at radius 3 is 1.39 bits per heavy atom. The Hall–Kier alpha value is -0.780. The minimum atomic E-state index is -4.47. The molecular formula is C13H10Br2O6S2. The molecule has 10 heteroatoms. The predicted octanol–water partition coefficient (Wildman–Crippen LogP) is 3.30. The van der Waals surface area contributed by atoms with Gasteiger partial charge >= 0.3 is 0 Å². The van der Waals surface area contributed by atoms with Crippen molar-refractivity contribution in [2.24, 2.45) is 0 Å². The second-order valence-electron chi connectivity index (χ2n) is 4.63. The van der Waals surface area contributed by atoms with E-state index in [1.54, 1.807) is 0 Å². The molecule has 6 nitrogen and oxygen atoms in total. The van der Waals surface area contributed by atoms with Crippen molar-refractivity contribution < 1.29 is 25.9 Å². The minimum Gasteiger partial charge on any atom is -0.282 e. The summed E-state index contributed by atoms with van der Waals surface area (Å²) in [6, 6.07) is 8.21. The molecule has 23 heavy (non-hydrogen) atoms. The first-order valence-corrected chi connectivity index (χ1v) is 10.5. The smallest absolute Gasteiger partial charge is 0.282 e. The zero-order chi connectivity index (χ0) is 17.4. The maximum atomic E-state index is 11.5. The van der Waals surface area contributed by atoms with Crippen molar-refractivity contribution in [1.82, 2.24) is 0 Å². The SMILES string of the molecule is O=S(=O)(O)c1ccc(Br)cc1Cc1cc(Br)ccc1S(=O)(=O)O. The summed E-state index contributed by atoms with van der Waals surface area (Å²) < 4.78 is 65.6. The summed E-state index contributed by atoms with van der Waals surface area (Å²) in [5, 5.41) is 0. The molecule has 0 saturated carbocycles. The van der Waals surface area contributed by atoms with Crippen LogP contribution in [0.1, 0.15) is 11.1 Å². The van der Waals surface area contributed by atoms with Crippen molar-refractivity contribution in [1.29, 1.82) is 0 Å². The first-order valence-electron chi connectivity index (χ1n) is 6.00. The molecule has 0 heterocycles. The molecule has 0 radical (unpaired) electrons. The zero-order valence-corrected chi connectivity index (χ0v) is 16.1. The van der Waals surface area contributed by atoms with E-state index in [1.807, 2.05) is 0 Å². The van der Waals surface area contributed by atoms with E-state index in [0.29, 0.717) is 8.95 Å². The van der Waals surface area contributed by atoms with E-state index in [9.17, 15) is 25.9 Å². The van der Waals surface area contributed by atoms with E-state index in [0.717, 1.165) is 0 Å². The van der Waals surface area contributed by atoms with Crippen molar-refractivity contribution in [3.05, 3.63) is 56.5 Å². The molecule has 0 bridgehead atoms. The van der Waals surface area contributed by atoms with Crippen LogP contribution >= 0.6 is 31.9 Å². The van der Waals surface area contributed by atoms with E-state index >= 15 is 0 Å². The molecule has 0 aliphatic rings. The summed E-state index contributed by atoms with van der Waals surface area (Å²) in [5.74, 6) is 0. The van der Waals surface area contributed by atoms with Gasteiger partial charge in [0.05, 0.1) is 9.79 Å². The van der Waals surface area contributed by atoms with Crippen LogP contribution in [0, 0.1) is 0 Å². The van der Waals surface area contributed by atoms with E-state index in [4.69, 9.17) is 0 Å². The lowest BCUT2D eigenvalue weighted by atomic mass is 10.1. The fourth-order valence-corrected chi connectivity index (χ4v) is 4.30. The molecule has 0 aromatic heterocycles. The van der Waals surface area contributed by atoms with Crippen molar-refractivity contribution >= 4 is 52.1 Å². The summed E-state index contributed by atoms with van der Waals surface area (Å²) >= 11 is 6.39. The zero-order valence-electron chi connectivity index (χ0n) is 11.3. The molecule has 2 rings (SSSR count). The largest absolute Gasteiger partial charge is 0.294 e. The topological polar surface area (TPSA) is 109 Å². The lowest BCUT2D eigenvalue weighted by molar-refractivity contribution is 0.481. The van der Waals surface area contributed by atoms with Gasteiger partial charge in [0.1, 0.15) is 0 Å². The summed E-state index contributed by atoms with van der Waals surface area (Å²) in [6.45, 7) is 0. The van der Waals surface area contributed by atoms with Gasteiger partial charge in [0.15, 0.2) is 0 Å². The first-order chi connectivity index (χ1) is 10.5. The lowest BCUT2D eigenvalue weighted by Crippen LogP contribution is -2.07. The van der Waals surface area contributed by atoms with Crippen LogP contribution in [0.4, 0.5) is 0 Å². The molecule has 0 aliphatic heterocycles. The van der Waals surface area contributed by atoms with Crippen LogP contribution in [-0.4, -0.2) is 25.9 Å². The normalized spacial score (nSPS) is 12.3. The van der Waals surface area contributed by atoms with Crippen LogP contribution in [0.5, 0.6) is 0 Å². The molecule has 0 aliphatic carbocycles. The van der Waals surface area contributed by atoms with E-state index in [1.165, 1.54) is 36.4 Å². The van der Waals surface area contributed by atoms with Gasteiger partial charge in [-0.15, -0.1) is 0 Å². The number of hydrogen-bond acceptors (Lipinski definition) is 4. The quantitative estimate of drug-likeness (QED) is 0.643. The van der Waals surface area contributed by atoms with Crippen molar-refractivity contribution in [3.8, 4) is 0 Å². The maximum absolute atomic E-state index is 11.5. The Balaban J connectivity index is 2.65. The van der Waals surface area contributed by atoms with Crippen LogP contribution in [0.2, 0.25) is 0 Å². The van der Waals surface area contributed by atoms with Gasteiger partial charge in [0.2, 0.25) is 0 Å². The van der Waals surface area contributed by atoms with Gasteiger partial charge in [-0.2, -0.15) is 16.8 Å². The summed E-state index contributed by atoms with van der Waals surface area (Å²) in [5.41, 5.74) is 0.370. The maximum Gasteiger partial charge on any atom is 0.294 e. The van der Waals surface area contributed by atoms with Crippen LogP contribution in [0.3, 0.4) is 0 Å². The number of rotatable bonds is 4. The summed E-state index contributed by atoms with van der Waals surface area (Å²) in [4.78, 5) is -0.663. The van der Waals surface area contributed by atoms with Gasteiger partial charge in [-0.05, 0) is 47.5 Å². The highest BCUT2D eigenvalue weighted by Gasteiger charge is 2.20. The fraction of sp³-hybridized carbons (Fsp3) is 0.0769. The molecule has 0 atom stereocenters. The number of hydrogen-bond donors (Lipinski definition) is 2. The highest BCUT2D eigenvalue weighted by molar-refractivity contribution is 9.10. The van der Waals surface area contributed by atoms with Crippen LogP contribution < -0.4 is 0 Å². The molecule has 0 fully saturated rings. The highest BCUT2D eigenvalue weighted by atomic mass is 79.9. The lowest BCUT2D eigenvalue weighted by Gasteiger charge is -2.11. The molecule has 2 aromatic rings. The monoisotopic (exact) mass is 484 g/mol. The molecular weight excluding hydrogens is 476 g/mol. The molecule has 2 aromatic carbocycles. The van der Waals surface area contributed by atoms with E-state index in [-0.39, 0.29) is 27.3 Å². The predicted molar refractivity (Wildman–Crippen MR) is 90.7 cm³/mol. The van der Waals surface area contributed by atoms with Crippen molar-refractivity contribution in [2.45, 2.75) is 16.2 Å². The summed E-state index contributed by atoms with van der Waals surface area (Å²) in [7, 11) is -8.95. The van der Waals surface area contributed by atoms with E-state index in [2.05, 4.69) is 31.9 Å². The average Bonchev–Trinajstić information content (AvgIpc) is 2.35. The van der Waals surface area contributed by atoms with Gasteiger partial charge in [0, 0.05) is 15.4 Å². The highest BCUT2D eigenvalue weighted by Crippen LogP contribution is 2.28. The third kappa shape index (κ3) is 4.61. The third-order valence-electron chi connectivity index (χ3n) is 2.98. The van der Waals surface area contributed by atoms with Gasteiger partial charge in [-0.25, -0.2) is 0 Å². The molecule has 2 N–H and O–H groups in total. The standard InChI is InChI=1S/C13H10Br2O6S2/c14-10-1-3-12(22(16,17)18)8(6-10)5-9-7-11(15)2-4-13(9)23(19,20)21/h1-4,6-7H,5H2,(H,16,17,18)(H,19,20,21). The minimum absolute atomic E-state index is 0.122. The van der Waals surface area contributed by atoms with Gasteiger partial charge in [-0.3, -0.25) is 9.11 Å². The third-order valence-corrected chi connectivity index (χ3v) is 5.88. The Bertz CT molecular complexity index is 888.